The highest BCUT2D eigenvalue weighted by molar-refractivity contribution is 7.98. The van der Waals surface area contributed by atoms with E-state index in [9.17, 15) is 14.4 Å². The fourth-order valence-electron chi connectivity index (χ4n) is 4.84. The van der Waals surface area contributed by atoms with Crippen LogP contribution in [-0.2, 0) is 20.9 Å². The number of hydrogen-bond acceptors (Lipinski definition) is 6. The molecule has 0 unspecified atom stereocenters. The number of nitrogens with zero attached hydrogens (tertiary/aromatic N) is 4. The van der Waals surface area contributed by atoms with E-state index in [2.05, 4.69) is 24.5 Å². The van der Waals surface area contributed by atoms with Gasteiger partial charge in [-0.05, 0) is 43.1 Å². The number of rotatable bonds is 9. The maximum absolute atomic E-state index is 13.5. The second-order valence-corrected chi connectivity index (χ2v) is 12.3. The Hall–Kier alpha value is -2.88. The van der Waals surface area contributed by atoms with Crippen LogP contribution in [0.2, 0.25) is 0 Å². The van der Waals surface area contributed by atoms with Crippen molar-refractivity contribution in [3.63, 3.8) is 0 Å². The molecule has 1 aliphatic rings. The Morgan fingerprint density at radius 2 is 1.82 bits per heavy atom. The van der Waals surface area contributed by atoms with Crippen molar-refractivity contribution in [2.75, 3.05) is 25.1 Å². The van der Waals surface area contributed by atoms with Crippen LogP contribution >= 0.6 is 11.8 Å². The summed E-state index contributed by atoms with van der Waals surface area (Å²) in [6.07, 6.45) is 5.66. The van der Waals surface area contributed by atoms with Gasteiger partial charge < -0.3 is 15.5 Å². The molecule has 10 heteroatoms. The van der Waals surface area contributed by atoms with Crippen LogP contribution < -0.4 is 10.6 Å². The molecule has 2 atom stereocenters. The first kappa shape index (κ1) is 31.6. The highest BCUT2D eigenvalue weighted by atomic mass is 32.2. The predicted molar refractivity (Wildman–Crippen MR) is 161 cm³/mol. The molecule has 0 saturated heterocycles. The summed E-state index contributed by atoms with van der Waals surface area (Å²) in [6.45, 7) is 9.80. The van der Waals surface area contributed by atoms with Crippen LogP contribution in [0.5, 0.6) is 0 Å². The summed E-state index contributed by atoms with van der Waals surface area (Å²) >= 11 is 1.64. The summed E-state index contributed by atoms with van der Waals surface area (Å²) in [7, 11) is 0. The summed E-state index contributed by atoms with van der Waals surface area (Å²) in [5.41, 5.74) is 0.890. The molecule has 0 aliphatic carbocycles. The molecule has 0 fully saturated rings. The van der Waals surface area contributed by atoms with E-state index in [4.69, 9.17) is 10.1 Å². The zero-order valence-corrected chi connectivity index (χ0v) is 25.5. The van der Waals surface area contributed by atoms with Crippen LogP contribution in [0.3, 0.4) is 0 Å². The maximum Gasteiger partial charge on any atom is 0.243 e. The van der Waals surface area contributed by atoms with Gasteiger partial charge in [0.2, 0.25) is 17.7 Å². The van der Waals surface area contributed by atoms with Crippen molar-refractivity contribution in [3.8, 4) is 11.4 Å². The molecule has 0 spiro atoms. The first-order valence-electron chi connectivity index (χ1n) is 14.6. The van der Waals surface area contributed by atoms with E-state index in [0.29, 0.717) is 56.5 Å². The first-order chi connectivity index (χ1) is 19.2. The summed E-state index contributed by atoms with van der Waals surface area (Å²) in [5, 5.41) is 11.0. The van der Waals surface area contributed by atoms with E-state index >= 15 is 0 Å². The standard InChI is InChI=1S/C30H46N6O3S/c1-21(2)11-9-15-26(38)35-17-10-14-25(37)31-24(16-20-40-5)30(39)32-27(22(3)4)29-33-28(34-36(29)19-18-35)23-12-7-6-8-13-23/h6-8,12-13,21-22,24,27H,9-11,14-20H2,1-5H3,(H,31,37)(H,32,39)/t24-,27+/m0/s1. The zero-order chi connectivity index (χ0) is 29.1. The van der Waals surface area contributed by atoms with Crippen molar-refractivity contribution in [2.45, 2.75) is 84.8 Å². The van der Waals surface area contributed by atoms with Gasteiger partial charge in [0.05, 0.1) is 12.6 Å². The van der Waals surface area contributed by atoms with Gasteiger partial charge in [-0.25, -0.2) is 9.67 Å². The number of thioether (sulfide) groups is 1. The van der Waals surface area contributed by atoms with Crippen LogP contribution in [0.1, 0.15) is 78.1 Å². The molecule has 0 bridgehead atoms. The van der Waals surface area contributed by atoms with Crippen molar-refractivity contribution in [1.29, 1.82) is 0 Å². The maximum atomic E-state index is 13.5. The van der Waals surface area contributed by atoms with Gasteiger partial charge in [0.15, 0.2) is 11.6 Å². The second-order valence-electron chi connectivity index (χ2n) is 11.3. The zero-order valence-electron chi connectivity index (χ0n) is 24.7. The molecule has 0 saturated carbocycles. The monoisotopic (exact) mass is 570 g/mol. The normalized spacial score (nSPS) is 19.2. The Labute approximate surface area is 243 Å². The van der Waals surface area contributed by atoms with Crippen LogP contribution in [0.25, 0.3) is 11.4 Å². The summed E-state index contributed by atoms with van der Waals surface area (Å²) in [4.78, 5) is 46.3. The number of fused-ring (bicyclic) bond motifs is 1. The average molecular weight is 571 g/mol. The van der Waals surface area contributed by atoms with Crippen molar-refractivity contribution >= 4 is 29.5 Å². The predicted octanol–water partition coefficient (Wildman–Crippen LogP) is 4.45. The number of carbonyl (C=O) groups excluding carboxylic acids is 3. The number of amides is 3. The van der Waals surface area contributed by atoms with Gasteiger partial charge in [0.25, 0.3) is 0 Å². The number of nitrogens with one attached hydrogen (secondary N) is 2. The molecule has 1 aromatic carbocycles. The molecule has 40 heavy (non-hydrogen) atoms. The fourth-order valence-corrected chi connectivity index (χ4v) is 5.31. The smallest absolute Gasteiger partial charge is 0.243 e. The summed E-state index contributed by atoms with van der Waals surface area (Å²) in [6, 6.07) is 8.73. The molecule has 0 radical (unpaired) electrons. The Morgan fingerprint density at radius 3 is 2.50 bits per heavy atom. The third-order valence-electron chi connectivity index (χ3n) is 7.18. The van der Waals surface area contributed by atoms with E-state index in [-0.39, 0.29) is 30.1 Å². The minimum absolute atomic E-state index is 0.0223. The second kappa shape index (κ2) is 15.8. The minimum atomic E-state index is -0.636. The van der Waals surface area contributed by atoms with E-state index in [1.807, 2.05) is 60.0 Å². The Morgan fingerprint density at radius 1 is 1.07 bits per heavy atom. The van der Waals surface area contributed by atoms with Crippen LogP contribution in [-0.4, -0.2) is 68.5 Å². The molecule has 9 nitrogen and oxygen atoms in total. The third-order valence-corrected chi connectivity index (χ3v) is 7.82. The van der Waals surface area contributed by atoms with Gasteiger partial charge in [-0.1, -0.05) is 64.4 Å². The van der Waals surface area contributed by atoms with Gasteiger partial charge in [-0.3, -0.25) is 14.4 Å². The minimum Gasteiger partial charge on any atom is -0.344 e. The molecule has 2 N–H and O–H groups in total. The lowest BCUT2D eigenvalue weighted by Gasteiger charge is -2.28. The molecule has 1 aliphatic heterocycles. The van der Waals surface area contributed by atoms with E-state index in [0.717, 1.165) is 24.2 Å². The molecule has 2 heterocycles. The molecular formula is C30H46N6O3S. The van der Waals surface area contributed by atoms with Crippen LogP contribution in [0.4, 0.5) is 0 Å². The van der Waals surface area contributed by atoms with E-state index < -0.39 is 12.1 Å². The Bertz CT molecular complexity index is 1100. The molecule has 1 aromatic heterocycles. The van der Waals surface area contributed by atoms with Crippen LogP contribution in [0.15, 0.2) is 30.3 Å². The molecule has 220 valence electrons. The van der Waals surface area contributed by atoms with Gasteiger partial charge in [-0.2, -0.15) is 16.9 Å². The number of hydrogen-bond donors (Lipinski definition) is 2. The lowest BCUT2D eigenvalue weighted by molar-refractivity contribution is -0.132. The third kappa shape index (κ3) is 9.35. The van der Waals surface area contributed by atoms with Crippen molar-refractivity contribution < 1.29 is 14.4 Å². The van der Waals surface area contributed by atoms with Crippen LogP contribution in [0, 0.1) is 11.8 Å². The van der Waals surface area contributed by atoms with Gasteiger partial charge >= 0.3 is 0 Å². The fraction of sp³-hybridized carbons (Fsp3) is 0.633. The van der Waals surface area contributed by atoms with Gasteiger partial charge in [0.1, 0.15) is 6.04 Å². The summed E-state index contributed by atoms with van der Waals surface area (Å²) in [5.74, 6) is 2.28. The average Bonchev–Trinajstić information content (AvgIpc) is 3.34. The lowest BCUT2D eigenvalue weighted by Crippen LogP contribution is -2.49. The van der Waals surface area contributed by atoms with E-state index in [1.165, 1.54) is 0 Å². The van der Waals surface area contributed by atoms with Crippen molar-refractivity contribution in [3.05, 3.63) is 36.2 Å². The lowest BCUT2D eigenvalue weighted by atomic mass is 10.0. The quantitative estimate of drug-likeness (QED) is 0.461. The molecule has 3 amide bonds. The number of aromatic nitrogens is 3. The highest BCUT2D eigenvalue weighted by Gasteiger charge is 2.30. The van der Waals surface area contributed by atoms with Crippen molar-refractivity contribution in [1.82, 2.24) is 30.3 Å². The number of benzene rings is 1. The van der Waals surface area contributed by atoms with Gasteiger partial charge in [-0.15, -0.1) is 0 Å². The largest absolute Gasteiger partial charge is 0.344 e. The summed E-state index contributed by atoms with van der Waals surface area (Å²) < 4.78 is 1.85. The van der Waals surface area contributed by atoms with Crippen molar-refractivity contribution in [2.24, 2.45) is 11.8 Å². The Kier molecular flexibility index (Phi) is 12.5. The Balaban J connectivity index is 1.97. The SMILES string of the molecule is CSCC[C@@H]1NC(=O)CCCN(C(=O)CCCC(C)C)CCn2nc(-c3ccccc3)nc2[C@@H](C(C)C)NC1=O. The van der Waals surface area contributed by atoms with E-state index in [1.54, 1.807) is 11.8 Å². The van der Waals surface area contributed by atoms with Gasteiger partial charge in [0, 0.05) is 31.5 Å². The topological polar surface area (TPSA) is 109 Å². The highest BCUT2D eigenvalue weighted by Crippen LogP contribution is 2.25. The number of carbonyl (C=O) groups is 3. The first-order valence-corrected chi connectivity index (χ1v) is 16.0. The molecule has 2 aromatic rings. The molecule has 3 rings (SSSR count). The molecular weight excluding hydrogens is 524 g/mol.